The Kier molecular flexibility index (Phi) is 4.92. The van der Waals surface area contributed by atoms with Crippen LogP contribution < -0.4 is 5.32 Å². The van der Waals surface area contributed by atoms with Gasteiger partial charge in [-0.1, -0.05) is 6.07 Å². The first-order valence-corrected chi connectivity index (χ1v) is 8.21. The number of amides is 2. The Morgan fingerprint density at radius 3 is 2.28 bits per heavy atom. The van der Waals surface area contributed by atoms with E-state index < -0.39 is 0 Å². The summed E-state index contributed by atoms with van der Waals surface area (Å²) in [5, 5.41) is 3.20. The van der Waals surface area contributed by atoms with Crippen LogP contribution in [0.15, 0.2) is 30.6 Å². The number of aryl methyl sites for hydroxylation is 2. The average molecular weight is 339 g/mol. The second-order valence-electron chi connectivity index (χ2n) is 6.22. The molecule has 0 atom stereocenters. The van der Waals surface area contributed by atoms with Gasteiger partial charge in [0, 0.05) is 31.9 Å². The average Bonchev–Trinajstić information content (AvgIpc) is 2.61. The molecule has 7 heteroatoms. The van der Waals surface area contributed by atoms with Crippen LogP contribution in [-0.2, 0) is 4.79 Å². The minimum Gasteiger partial charge on any atom is -0.342 e. The van der Waals surface area contributed by atoms with Gasteiger partial charge in [0.25, 0.3) is 5.91 Å². The van der Waals surface area contributed by atoms with E-state index in [4.69, 9.17) is 0 Å². The third-order valence-corrected chi connectivity index (χ3v) is 4.12. The molecule has 1 aliphatic heterocycles. The standard InChI is InChI=1S/C18H21N5O2/c1-13-7-14(2)9-15(8-13)21-17-11-19-16(10-20-17)18(25)23-5-3-22(12-24)4-6-23/h7-12H,3-6H2,1-2H3,(H,20,21). The van der Waals surface area contributed by atoms with Crippen LogP contribution in [0.1, 0.15) is 21.6 Å². The minimum atomic E-state index is -0.156. The van der Waals surface area contributed by atoms with Gasteiger partial charge < -0.3 is 15.1 Å². The molecule has 0 unspecified atom stereocenters. The van der Waals surface area contributed by atoms with Crippen molar-refractivity contribution in [3.05, 3.63) is 47.4 Å². The van der Waals surface area contributed by atoms with Crippen molar-refractivity contribution in [2.75, 3.05) is 31.5 Å². The molecule has 1 fully saturated rings. The van der Waals surface area contributed by atoms with Crippen molar-refractivity contribution in [1.82, 2.24) is 19.8 Å². The molecule has 1 aliphatic rings. The summed E-state index contributed by atoms with van der Waals surface area (Å²) in [4.78, 5) is 35.1. The van der Waals surface area contributed by atoms with Gasteiger partial charge in [0.15, 0.2) is 0 Å². The van der Waals surface area contributed by atoms with Crippen LogP contribution in [0, 0.1) is 13.8 Å². The van der Waals surface area contributed by atoms with Gasteiger partial charge in [-0.15, -0.1) is 0 Å². The number of piperazine rings is 1. The first kappa shape index (κ1) is 16.9. The van der Waals surface area contributed by atoms with Gasteiger partial charge in [-0.2, -0.15) is 0 Å². The third kappa shape index (κ3) is 4.12. The second-order valence-corrected chi connectivity index (χ2v) is 6.22. The predicted octanol–water partition coefficient (Wildman–Crippen LogP) is 1.75. The van der Waals surface area contributed by atoms with Crippen molar-refractivity contribution >= 4 is 23.8 Å². The minimum absolute atomic E-state index is 0.156. The maximum atomic E-state index is 12.4. The largest absolute Gasteiger partial charge is 0.342 e. The van der Waals surface area contributed by atoms with Gasteiger partial charge in [0.2, 0.25) is 6.41 Å². The molecule has 1 aromatic carbocycles. The number of benzene rings is 1. The lowest BCUT2D eigenvalue weighted by Crippen LogP contribution is -2.48. The molecule has 2 amide bonds. The van der Waals surface area contributed by atoms with E-state index in [0.717, 1.165) is 23.2 Å². The highest BCUT2D eigenvalue weighted by atomic mass is 16.2. The number of nitrogens with zero attached hydrogens (tertiary/aromatic N) is 4. The van der Waals surface area contributed by atoms with E-state index in [-0.39, 0.29) is 5.91 Å². The van der Waals surface area contributed by atoms with Crippen LogP contribution in [0.3, 0.4) is 0 Å². The maximum absolute atomic E-state index is 12.4. The van der Waals surface area contributed by atoms with Crippen molar-refractivity contribution in [3.63, 3.8) is 0 Å². The number of nitrogens with one attached hydrogen (secondary N) is 1. The van der Waals surface area contributed by atoms with E-state index in [0.29, 0.717) is 37.7 Å². The topological polar surface area (TPSA) is 78.4 Å². The van der Waals surface area contributed by atoms with Crippen LogP contribution in [0.25, 0.3) is 0 Å². The first-order chi connectivity index (χ1) is 12.0. The zero-order valence-electron chi connectivity index (χ0n) is 14.4. The molecule has 1 N–H and O–H groups in total. The summed E-state index contributed by atoms with van der Waals surface area (Å²) in [6.45, 7) is 6.21. The Hall–Kier alpha value is -2.96. The molecular formula is C18H21N5O2. The molecular weight excluding hydrogens is 318 g/mol. The summed E-state index contributed by atoms with van der Waals surface area (Å²) >= 11 is 0. The lowest BCUT2D eigenvalue weighted by atomic mass is 10.1. The van der Waals surface area contributed by atoms with E-state index in [1.54, 1.807) is 16.0 Å². The van der Waals surface area contributed by atoms with Crippen LogP contribution in [-0.4, -0.2) is 58.3 Å². The highest BCUT2D eigenvalue weighted by Gasteiger charge is 2.22. The quantitative estimate of drug-likeness (QED) is 0.859. The van der Waals surface area contributed by atoms with Gasteiger partial charge in [-0.3, -0.25) is 9.59 Å². The molecule has 0 aliphatic carbocycles. The highest BCUT2D eigenvalue weighted by molar-refractivity contribution is 5.92. The zero-order valence-corrected chi connectivity index (χ0v) is 14.4. The highest BCUT2D eigenvalue weighted by Crippen LogP contribution is 2.18. The molecule has 2 heterocycles. The number of hydrogen-bond donors (Lipinski definition) is 1. The van der Waals surface area contributed by atoms with Gasteiger partial charge in [0.1, 0.15) is 11.5 Å². The van der Waals surface area contributed by atoms with Gasteiger partial charge >= 0.3 is 0 Å². The number of rotatable bonds is 4. The first-order valence-electron chi connectivity index (χ1n) is 8.21. The molecule has 130 valence electrons. The summed E-state index contributed by atoms with van der Waals surface area (Å²) in [6, 6.07) is 6.16. The van der Waals surface area contributed by atoms with Crippen molar-refractivity contribution in [3.8, 4) is 0 Å². The second kappa shape index (κ2) is 7.29. The normalized spacial score (nSPS) is 14.3. The van der Waals surface area contributed by atoms with Crippen LogP contribution in [0.2, 0.25) is 0 Å². The summed E-state index contributed by atoms with van der Waals surface area (Å²) in [7, 11) is 0. The van der Waals surface area contributed by atoms with E-state index in [1.165, 1.54) is 6.20 Å². The SMILES string of the molecule is Cc1cc(C)cc(Nc2cnc(C(=O)N3CCN(C=O)CC3)cn2)c1. The molecule has 3 rings (SSSR count). The van der Waals surface area contributed by atoms with Crippen LogP contribution in [0.4, 0.5) is 11.5 Å². The molecule has 7 nitrogen and oxygen atoms in total. The summed E-state index contributed by atoms with van der Waals surface area (Å²) in [5.41, 5.74) is 3.58. The number of anilines is 2. The fraction of sp³-hybridized carbons (Fsp3) is 0.333. The van der Waals surface area contributed by atoms with E-state index in [2.05, 4.69) is 21.4 Å². The zero-order chi connectivity index (χ0) is 17.8. The Morgan fingerprint density at radius 2 is 1.72 bits per heavy atom. The van der Waals surface area contributed by atoms with Gasteiger partial charge in [-0.05, 0) is 37.1 Å². The van der Waals surface area contributed by atoms with E-state index in [9.17, 15) is 9.59 Å². The summed E-state index contributed by atoms with van der Waals surface area (Å²) in [6.07, 6.45) is 3.86. The fourth-order valence-electron chi connectivity index (χ4n) is 2.89. The smallest absolute Gasteiger partial charge is 0.274 e. The summed E-state index contributed by atoms with van der Waals surface area (Å²) < 4.78 is 0. The Labute approximate surface area is 146 Å². The van der Waals surface area contributed by atoms with Crippen molar-refractivity contribution < 1.29 is 9.59 Å². The Bertz CT molecular complexity index is 747. The summed E-state index contributed by atoms with van der Waals surface area (Å²) in [5.74, 6) is 0.434. The molecule has 0 radical (unpaired) electrons. The van der Waals surface area contributed by atoms with Crippen LogP contribution in [0.5, 0.6) is 0 Å². The van der Waals surface area contributed by atoms with E-state index in [1.807, 2.05) is 26.0 Å². The molecule has 1 aromatic heterocycles. The number of hydrogen-bond acceptors (Lipinski definition) is 5. The van der Waals surface area contributed by atoms with Crippen molar-refractivity contribution in [1.29, 1.82) is 0 Å². The lowest BCUT2D eigenvalue weighted by Gasteiger charge is -2.32. The third-order valence-electron chi connectivity index (χ3n) is 4.12. The Morgan fingerprint density at radius 1 is 1.04 bits per heavy atom. The molecule has 2 aromatic rings. The monoisotopic (exact) mass is 339 g/mol. The lowest BCUT2D eigenvalue weighted by molar-refractivity contribution is -0.119. The molecule has 0 bridgehead atoms. The van der Waals surface area contributed by atoms with Crippen molar-refractivity contribution in [2.24, 2.45) is 0 Å². The van der Waals surface area contributed by atoms with Crippen molar-refractivity contribution in [2.45, 2.75) is 13.8 Å². The molecule has 1 saturated heterocycles. The number of carbonyl (C=O) groups excluding carboxylic acids is 2. The molecule has 0 spiro atoms. The van der Waals surface area contributed by atoms with Gasteiger partial charge in [0.05, 0.1) is 12.4 Å². The Balaban J connectivity index is 1.65. The van der Waals surface area contributed by atoms with Gasteiger partial charge in [-0.25, -0.2) is 9.97 Å². The molecule has 0 saturated carbocycles. The van der Waals surface area contributed by atoms with Crippen LogP contribution >= 0.6 is 0 Å². The predicted molar refractivity (Wildman–Crippen MR) is 94.8 cm³/mol. The number of aromatic nitrogens is 2. The fourth-order valence-corrected chi connectivity index (χ4v) is 2.89. The number of carbonyl (C=O) groups is 2. The molecule has 25 heavy (non-hydrogen) atoms. The maximum Gasteiger partial charge on any atom is 0.274 e. The van der Waals surface area contributed by atoms with E-state index >= 15 is 0 Å².